The molecule has 1 spiro atoms. The Labute approximate surface area is 207 Å². The van der Waals surface area contributed by atoms with Crippen molar-refractivity contribution in [2.24, 2.45) is 5.41 Å². The lowest BCUT2D eigenvalue weighted by Crippen LogP contribution is -2.44. The number of rotatable bonds is 3. The van der Waals surface area contributed by atoms with E-state index in [2.05, 4.69) is 31.0 Å². The van der Waals surface area contributed by atoms with E-state index in [-0.39, 0.29) is 34.5 Å². The normalized spacial score (nSPS) is 27.0. The molecule has 3 atom stereocenters. The van der Waals surface area contributed by atoms with Gasteiger partial charge >= 0.3 is 0 Å². The van der Waals surface area contributed by atoms with Crippen molar-refractivity contribution in [2.75, 3.05) is 13.1 Å². The largest absolute Gasteiger partial charge is 0.341 e. The van der Waals surface area contributed by atoms with Gasteiger partial charge in [-0.1, -0.05) is 36.9 Å². The quantitative estimate of drug-likeness (QED) is 0.596. The maximum Gasteiger partial charge on any atom is 0.239 e. The van der Waals surface area contributed by atoms with Crippen LogP contribution in [0, 0.1) is 11.2 Å². The first kappa shape index (κ1) is 23.8. The van der Waals surface area contributed by atoms with Crippen LogP contribution in [-0.4, -0.2) is 39.7 Å². The molecular weight excluding hydrogens is 451 g/mol. The highest BCUT2D eigenvalue weighted by Crippen LogP contribution is 2.45. The van der Waals surface area contributed by atoms with Crippen LogP contribution in [0.15, 0.2) is 30.5 Å². The number of aromatic nitrogens is 2. The zero-order valence-corrected chi connectivity index (χ0v) is 21.2. The zero-order valence-electron chi connectivity index (χ0n) is 20.5. The summed E-state index contributed by atoms with van der Waals surface area (Å²) in [5.41, 5.74) is 1.93. The van der Waals surface area contributed by atoms with Gasteiger partial charge in [0.15, 0.2) is 0 Å². The van der Waals surface area contributed by atoms with Crippen molar-refractivity contribution in [1.82, 2.24) is 20.0 Å². The number of benzene rings is 1. The number of carbonyl (C=O) groups is 1. The molecule has 2 aromatic rings. The van der Waals surface area contributed by atoms with Crippen molar-refractivity contribution in [3.63, 3.8) is 0 Å². The molecule has 2 aliphatic heterocycles. The Balaban J connectivity index is 1.40. The Morgan fingerprint density at radius 1 is 1.18 bits per heavy atom. The van der Waals surface area contributed by atoms with Gasteiger partial charge in [-0.05, 0) is 75.6 Å². The van der Waals surface area contributed by atoms with Crippen LogP contribution in [0.1, 0.15) is 88.9 Å². The van der Waals surface area contributed by atoms with Crippen molar-refractivity contribution in [2.45, 2.75) is 89.3 Å². The maximum atomic E-state index is 14.4. The summed E-state index contributed by atoms with van der Waals surface area (Å²) in [5.74, 6) is -0.280. The Morgan fingerprint density at radius 3 is 2.62 bits per heavy atom. The molecule has 5 rings (SSSR count). The molecule has 1 amide bonds. The molecule has 184 valence electrons. The number of hydrogen-bond donors (Lipinski definition) is 1. The molecule has 0 bridgehead atoms. The van der Waals surface area contributed by atoms with E-state index < -0.39 is 5.82 Å². The molecule has 5 nitrogen and oxygen atoms in total. The van der Waals surface area contributed by atoms with Crippen LogP contribution in [0.3, 0.4) is 0 Å². The molecule has 1 aliphatic carbocycles. The number of amides is 1. The standard InChI is InChI=1S/C27H36ClFN4O/c1-26(2,3)33-13-9-22(31-33)19-16-23(30-24(19)18-7-8-20(28)21(29)15-18)25(34)32-14-12-27(17-32)10-5-4-6-11-27/h7-9,13,15,19,23-24,30H,4-6,10-12,14,16-17H2,1-3H3/t19?,23-,24-/m1/s1. The van der Waals surface area contributed by atoms with Crippen LogP contribution < -0.4 is 5.32 Å². The second-order valence-electron chi connectivity index (χ2n) is 11.6. The Kier molecular flexibility index (Phi) is 6.26. The van der Waals surface area contributed by atoms with E-state index in [1.807, 2.05) is 23.0 Å². The number of likely N-dealkylation sites (tertiary alicyclic amines) is 1. The lowest BCUT2D eigenvalue weighted by Gasteiger charge is -2.33. The van der Waals surface area contributed by atoms with Crippen molar-refractivity contribution in [1.29, 1.82) is 0 Å². The minimum Gasteiger partial charge on any atom is -0.341 e. The summed E-state index contributed by atoms with van der Waals surface area (Å²) in [6, 6.07) is 6.49. The number of hydrogen-bond acceptors (Lipinski definition) is 3. The van der Waals surface area contributed by atoms with E-state index >= 15 is 0 Å². The van der Waals surface area contributed by atoms with Gasteiger partial charge in [0.25, 0.3) is 0 Å². The summed E-state index contributed by atoms with van der Waals surface area (Å²) < 4.78 is 16.3. The van der Waals surface area contributed by atoms with Gasteiger partial charge in [-0.25, -0.2) is 4.39 Å². The molecule has 1 aromatic heterocycles. The third-order valence-corrected chi connectivity index (χ3v) is 8.52. The average molecular weight is 487 g/mol. The summed E-state index contributed by atoms with van der Waals surface area (Å²) in [4.78, 5) is 15.7. The number of nitrogens with one attached hydrogen (secondary N) is 1. The molecule has 3 fully saturated rings. The average Bonchev–Trinajstić information content (AvgIpc) is 3.54. The molecule has 7 heteroatoms. The van der Waals surface area contributed by atoms with E-state index in [1.165, 1.54) is 38.2 Å². The number of nitrogens with zero attached hydrogens (tertiary/aromatic N) is 3. The SMILES string of the molecule is CC(C)(C)n1ccc(C2C[C@H](C(=O)N3CCC4(CCCCC4)C3)N[C@@H]2c2ccc(Cl)c(F)c2)n1. The van der Waals surface area contributed by atoms with E-state index in [9.17, 15) is 9.18 Å². The molecule has 3 aliphatic rings. The fraction of sp³-hybridized carbons (Fsp3) is 0.630. The van der Waals surface area contributed by atoms with E-state index in [1.54, 1.807) is 6.07 Å². The highest BCUT2D eigenvalue weighted by molar-refractivity contribution is 6.30. The van der Waals surface area contributed by atoms with Gasteiger partial charge in [-0.3, -0.25) is 14.8 Å². The third-order valence-electron chi connectivity index (χ3n) is 8.21. The molecule has 2 saturated heterocycles. The second-order valence-corrected chi connectivity index (χ2v) is 12.0. The zero-order chi connectivity index (χ0) is 24.1. The van der Waals surface area contributed by atoms with Crippen molar-refractivity contribution in [3.8, 4) is 0 Å². The fourth-order valence-corrected chi connectivity index (χ4v) is 6.37. The van der Waals surface area contributed by atoms with Gasteiger partial charge < -0.3 is 4.90 Å². The highest BCUT2D eigenvalue weighted by atomic mass is 35.5. The first-order valence-electron chi connectivity index (χ1n) is 12.7. The molecule has 34 heavy (non-hydrogen) atoms. The molecule has 3 heterocycles. The lowest BCUT2D eigenvalue weighted by atomic mass is 9.73. The van der Waals surface area contributed by atoms with Crippen LogP contribution in [0.25, 0.3) is 0 Å². The highest BCUT2D eigenvalue weighted by Gasteiger charge is 2.46. The van der Waals surface area contributed by atoms with Crippen LogP contribution >= 0.6 is 11.6 Å². The molecule has 1 aromatic carbocycles. The Morgan fingerprint density at radius 2 is 1.94 bits per heavy atom. The monoisotopic (exact) mass is 486 g/mol. The van der Waals surface area contributed by atoms with Crippen LogP contribution in [-0.2, 0) is 10.3 Å². The Bertz CT molecular complexity index is 1060. The van der Waals surface area contributed by atoms with Gasteiger partial charge in [0, 0.05) is 31.2 Å². The number of carbonyl (C=O) groups excluding carboxylic acids is 1. The number of halogens is 2. The minimum absolute atomic E-state index is 0.0237. The summed E-state index contributed by atoms with van der Waals surface area (Å²) >= 11 is 5.96. The van der Waals surface area contributed by atoms with E-state index in [4.69, 9.17) is 16.7 Å². The van der Waals surface area contributed by atoms with Gasteiger partial charge in [0.2, 0.25) is 5.91 Å². The summed E-state index contributed by atoms with van der Waals surface area (Å²) in [7, 11) is 0. The first-order valence-corrected chi connectivity index (χ1v) is 13.1. The summed E-state index contributed by atoms with van der Waals surface area (Å²) in [6.07, 6.45) is 10.1. The molecule has 1 saturated carbocycles. The fourth-order valence-electron chi connectivity index (χ4n) is 6.25. The lowest BCUT2D eigenvalue weighted by molar-refractivity contribution is -0.132. The van der Waals surface area contributed by atoms with Crippen molar-refractivity contribution in [3.05, 3.63) is 52.6 Å². The van der Waals surface area contributed by atoms with Crippen LogP contribution in [0.4, 0.5) is 4.39 Å². The maximum absolute atomic E-state index is 14.4. The third kappa shape index (κ3) is 4.51. The van der Waals surface area contributed by atoms with E-state index in [0.29, 0.717) is 11.8 Å². The summed E-state index contributed by atoms with van der Waals surface area (Å²) in [6.45, 7) is 8.07. The van der Waals surface area contributed by atoms with Gasteiger partial charge in [0.1, 0.15) is 5.82 Å². The van der Waals surface area contributed by atoms with Gasteiger partial charge in [0.05, 0.1) is 22.3 Å². The predicted octanol–water partition coefficient (Wildman–Crippen LogP) is 5.80. The van der Waals surface area contributed by atoms with Crippen LogP contribution in [0.5, 0.6) is 0 Å². The smallest absolute Gasteiger partial charge is 0.239 e. The molecule has 0 radical (unpaired) electrons. The van der Waals surface area contributed by atoms with Gasteiger partial charge in [-0.2, -0.15) is 5.10 Å². The van der Waals surface area contributed by atoms with E-state index in [0.717, 1.165) is 30.8 Å². The minimum atomic E-state index is -0.437. The molecule has 1 unspecified atom stereocenters. The molecule has 1 N–H and O–H groups in total. The van der Waals surface area contributed by atoms with Gasteiger partial charge in [-0.15, -0.1) is 0 Å². The van der Waals surface area contributed by atoms with Crippen LogP contribution in [0.2, 0.25) is 5.02 Å². The van der Waals surface area contributed by atoms with Crippen molar-refractivity contribution < 1.29 is 9.18 Å². The summed E-state index contributed by atoms with van der Waals surface area (Å²) in [5, 5.41) is 8.55. The predicted molar refractivity (Wildman–Crippen MR) is 132 cm³/mol. The second kappa shape index (κ2) is 8.94. The molecular formula is C27H36ClFN4O. The topological polar surface area (TPSA) is 50.2 Å². The van der Waals surface area contributed by atoms with Crippen molar-refractivity contribution >= 4 is 17.5 Å². The Hall–Kier alpha value is -1.92. The first-order chi connectivity index (χ1) is 16.2.